The van der Waals surface area contributed by atoms with Crippen molar-refractivity contribution < 1.29 is 14.3 Å². The average molecular weight is 517 g/mol. The second-order valence-electron chi connectivity index (χ2n) is 10.6. The normalized spacial score (nSPS) is 12.3. The first kappa shape index (κ1) is 26.1. The van der Waals surface area contributed by atoms with Crippen molar-refractivity contribution in [3.05, 3.63) is 109 Å². The molecule has 5 heteroatoms. The summed E-state index contributed by atoms with van der Waals surface area (Å²) >= 11 is 0. The van der Waals surface area contributed by atoms with Gasteiger partial charge in [0.05, 0.1) is 6.54 Å². The number of amides is 1. The van der Waals surface area contributed by atoms with Gasteiger partial charge in [0.1, 0.15) is 0 Å². The molecule has 1 atom stereocenters. The number of carbonyl (C=O) groups excluding carboxylic acids is 2. The summed E-state index contributed by atoms with van der Waals surface area (Å²) in [4.78, 5) is 23.8. The van der Waals surface area contributed by atoms with Crippen LogP contribution in [0.4, 0.5) is 0 Å². The standard InChI is InChI=1S/C34H32N2O3/c1-34(2,3)36-30(39-22-37)21-35-33(38)25-19-17-24(18-20-25)32-28-15-9-7-13-26(28)31(23-11-5-4-6-12-23)27-14-8-10-16-29(27)32/h4-20,22,30,36H,21H2,1-3H3,(H,35,38). The zero-order valence-electron chi connectivity index (χ0n) is 22.4. The molecule has 39 heavy (non-hydrogen) atoms. The van der Waals surface area contributed by atoms with E-state index in [-0.39, 0.29) is 18.0 Å². The molecule has 0 aliphatic carbocycles. The summed E-state index contributed by atoms with van der Waals surface area (Å²) < 4.78 is 5.10. The van der Waals surface area contributed by atoms with Crippen molar-refractivity contribution in [1.82, 2.24) is 10.6 Å². The van der Waals surface area contributed by atoms with Crippen LogP contribution in [0.5, 0.6) is 0 Å². The second-order valence-corrected chi connectivity index (χ2v) is 10.6. The summed E-state index contributed by atoms with van der Waals surface area (Å²) in [5.74, 6) is -0.231. The van der Waals surface area contributed by atoms with E-state index < -0.39 is 6.23 Å². The molecule has 0 fully saturated rings. The highest BCUT2D eigenvalue weighted by Gasteiger charge is 2.20. The number of rotatable bonds is 8. The zero-order chi connectivity index (χ0) is 27.4. The molecule has 0 aliphatic rings. The molecule has 5 aromatic rings. The Morgan fingerprint density at radius 1 is 0.718 bits per heavy atom. The fraction of sp³-hybridized carbons (Fsp3) is 0.176. The van der Waals surface area contributed by atoms with Gasteiger partial charge < -0.3 is 10.1 Å². The first-order valence-electron chi connectivity index (χ1n) is 13.1. The zero-order valence-corrected chi connectivity index (χ0v) is 22.4. The molecule has 0 radical (unpaired) electrons. The molecule has 0 aromatic heterocycles. The molecule has 0 saturated carbocycles. The van der Waals surface area contributed by atoms with Crippen LogP contribution >= 0.6 is 0 Å². The summed E-state index contributed by atoms with van der Waals surface area (Å²) in [7, 11) is 0. The van der Waals surface area contributed by atoms with Gasteiger partial charge in [0.2, 0.25) is 0 Å². The fourth-order valence-electron chi connectivity index (χ4n) is 5.11. The van der Waals surface area contributed by atoms with E-state index in [4.69, 9.17) is 4.74 Å². The number of hydrogen-bond donors (Lipinski definition) is 2. The SMILES string of the molecule is CC(C)(C)NC(CNC(=O)c1ccc(-c2c3ccccc3c(-c3ccccc3)c3ccccc23)cc1)OC=O. The van der Waals surface area contributed by atoms with Crippen LogP contribution < -0.4 is 10.6 Å². The summed E-state index contributed by atoms with van der Waals surface area (Å²) in [6.07, 6.45) is -0.619. The topological polar surface area (TPSA) is 67.4 Å². The molecular weight excluding hydrogens is 484 g/mol. The highest BCUT2D eigenvalue weighted by atomic mass is 16.5. The quantitative estimate of drug-likeness (QED) is 0.133. The molecule has 1 amide bonds. The molecule has 196 valence electrons. The summed E-state index contributed by atoms with van der Waals surface area (Å²) in [6, 6.07) is 35.2. The average Bonchev–Trinajstić information content (AvgIpc) is 2.94. The number of carbonyl (C=O) groups is 2. The number of nitrogens with one attached hydrogen (secondary N) is 2. The van der Waals surface area contributed by atoms with Gasteiger partial charge in [0.25, 0.3) is 12.4 Å². The molecule has 0 aliphatic heterocycles. The molecule has 0 bridgehead atoms. The van der Waals surface area contributed by atoms with E-state index in [1.54, 1.807) is 0 Å². The maximum absolute atomic E-state index is 12.9. The molecule has 5 rings (SSSR count). The molecule has 2 N–H and O–H groups in total. The van der Waals surface area contributed by atoms with Gasteiger partial charge in [-0.05, 0) is 76.7 Å². The van der Waals surface area contributed by atoms with Crippen LogP contribution in [0.15, 0.2) is 103 Å². The van der Waals surface area contributed by atoms with E-state index >= 15 is 0 Å². The van der Waals surface area contributed by atoms with Crippen molar-refractivity contribution in [3.8, 4) is 22.3 Å². The highest BCUT2D eigenvalue weighted by Crippen LogP contribution is 2.43. The molecule has 0 spiro atoms. The van der Waals surface area contributed by atoms with Gasteiger partial charge in [-0.25, -0.2) is 0 Å². The van der Waals surface area contributed by atoms with Crippen LogP contribution in [0.1, 0.15) is 31.1 Å². The van der Waals surface area contributed by atoms with Crippen LogP contribution in [0.3, 0.4) is 0 Å². The van der Waals surface area contributed by atoms with E-state index in [2.05, 4.69) is 83.4 Å². The largest absolute Gasteiger partial charge is 0.447 e. The van der Waals surface area contributed by atoms with Crippen molar-refractivity contribution in [1.29, 1.82) is 0 Å². The Morgan fingerprint density at radius 3 is 1.64 bits per heavy atom. The minimum Gasteiger partial charge on any atom is -0.447 e. The lowest BCUT2D eigenvalue weighted by atomic mass is 9.86. The van der Waals surface area contributed by atoms with Crippen molar-refractivity contribution in [2.45, 2.75) is 32.5 Å². The molecule has 1 unspecified atom stereocenters. The highest BCUT2D eigenvalue weighted by molar-refractivity contribution is 6.21. The first-order valence-corrected chi connectivity index (χ1v) is 13.1. The van der Waals surface area contributed by atoms with E-state index in [0.29, 0.717) is 12.0 Å². The Hall–Kier alpha value is -4.48. The number of hydrogen-bond acceptors (Lipinski definition) is 4. The molecular formula is C34H32N2O3. The monoisotopic (exact) mass is 516 g/mol. The van der Waals surface area contributed by atoms with Crippen molar-refractivity contribution in [2.75, 3.05) is 6.54 Å². The van der Waals surface area contributed by atoms with E-state index in [0.717, 1.165) is 21.9 Å². The third-order valence-corrected chi connectivity index (χ3v) is 6.69. The Labute approximate surface area is 228 Å². The maximum atomic E-state index is 12.9. The number of benzene rings is 5. The van der Waals surface area contributed by atoms with Crippen LogP contribution in [-0.4, -0.2) is 30.7 Å². The molecule has 0 saturated heterocycles. The van der Waals surface area contributed by atoms with E-state index in [9.17, 15) is 9.59 Å². The van der Waals surface area contributed by atoms with Gasteiger partial charge in [-0.3, -0.25) is 14.9 Å². The number of fused-ring (bicyclic) bond motifs is 2. The van der Waals surface area contributed by atoms with Crippen molar-refractivity contribution in [2.24, 2.45) is 0 Å². The minimum atomic E-state index is -0.619. The molecule has 5 nitrogen and oxygen atoms in total. The number of ether oxygens (including phenoxy) is 1. The molecule has 0 heterocycles. The Bertz CT molecular complexity index is 1560. The van der Waals surface area contributed by atoms with Crippen LogP contribution in [0.2, 0.25) is 0 Å². The summed E-state index contributed by atoms with van der Waals surface area (Å²) in [5, 5.41) is 10.7. The smallest absolute Gasteiger partial charge is 0.294 e. The maximum Gasteiger partial charge on any atom is 0.294 e. The second kappa shape index (κ2) is 11.1. The lowest BCUT2D eigenvalue weighted by molar-refractivity contribution is -0.135. The van der Waals surface area contributed by atoms with Gasteiger partial charge in [-0.15, -0.1) is 0 Å². The summed E-state index contributed by atoms with van der Waals surface area (Å²) in [6.45, 7) is 6.45. The van der Waals surface area contributed by atoms with E-state index in [1.807, 2.05) is 51.1 Å². The fourth-order valence-corrected chi connectivity index (χ4v) is 5.11. The van der Waals surface area contributed by atoms with Crippen LogP contribution in [-0.2, 0) is 9.53 Å². The third-order valence-electron chi connectivity index (χ3n) is 6.69. The van der Waals surface area contributed by atoms with Gasteiger partial charge in [0.15, 0.2) is 6.23 Å². The predicted molar refractivity (Wildman–Crippen MR) is 158 cm³/mol. The predicted octanol–water partition coefficient (Wildman–Crippen LogP) is 6.94. The van der Waals surface area contributed by atoms with Crippen LogP contribution in [0.25, 0.3) is 43.8 Å². The van der Waals surface area contributed by atoms with Crippen LogP contribution in [0, 0.1) is 0 Å². The van der Waals surface area contributed by atoms with Gasteiger partial charge >= 0.3 is 0 Å². The first-order chi connectivity index (χ1) is 18.9. The third kappa shape index (κ3) is 5.69. The van der Waals surface area contributed by atoms with Gasteiger partial charge in [-0.1, -0.05) is 91.0 Å². The minimum absolute atomic E-state index is 0.160. The van der Waals surface area contributed by atoms with Crippen molar-refractivity contribution >= 4 is 33.9 Å². The van der Waals surface area contributed by atoms with E-state index in [1.165, 1.54) is 21.9 Å². The van der Waals surface area contributed by atoms with Gasteiger partial charge in [-0.2, -0.15) is 0 Å². The van der Waals surface area contributed by atoms with Gasteiger partial charge in [0, 0.05) is 11.1 Å². The molecule has 5 aromatic carbocycles. The Morgan fingerprint density at radius 2 is 1.18 bits per heavy atom. The lowest BCUT2D eigenvalue weighted by Crippen LogP contribution is -2.50. The van der Waals surface area contributed by atoms with Crippen molar-refractivity contribution in [3.63, 3.8) is 0 Å². The lowest BCUT2D eigenvalue weighted by Gasteiger charge is -2.27. The Balaban J connectivity index is 1.51. The Kier molecular flexibility index (Phi) is 7.44. The summed E-state index contributed by atoms with van der Waals surface area (Å²) in [5.41, 5.74) is 4.84.